The predicted octanol–water partition coefficient (Wildman–Crippen LogP) is 3.47. The molecular weight excluding hydrogens is 390 g/mol. The first-order valence-corrected chi connectivity index (χ1v) is 10.4. The molecule has 4 rings (SSSR count). The summed E-state index contributed by atoms with van der Waals surface area (Å²) in [7, 11) is 0. The fraction of sp³-hybridized carbons (Fsp3) is 0.455. The Kier molecular flexibility index (Phi) is 6.30. The first kappa shape index (κ1) is 20.4. The number of hydrogen-bond acceptors (Lipinski definition) is 4. The third-order valence-electron chi connectivity index (χ3n) is 5.52. The number of halogens is 2. The third kappa shape index (κ3) is 5.58. The summed E-state index contributed by atoms with van der Waals surface area (Å²) < 4.78 is 32.1. The molecular formula is C22H26F2N4O2. The fourth-order valence-electron chi connectivity index (χ4n) is 3.49. The Hall–Kier alpha value is -2.90. The number of hydrogen-bond donors (Lipinski definition) is 2. The quantitative estimate of drug-likeness (QED) is 0.692. The Bertz CT molecular complexity index is 874. The van der Waals surface area contributed by atoms with E-state index >= 15 is 0 Å². The largest absolute Gasteiger partial charge is 0.477 e. The summed E-state index contributed by atoms with van der Waals surface area (Å²) in [5.74, 6) is -0.134. The highest BCUT2D eigenvalue weighted by Crippen LogP contribution is 2.29. The molecule has 2 N–H and O–H groups in total. The molecule has 1 aromatic carbocycles. The number of aromatic nitrogens is 1. The van der Waals surface area contributed by atoms with Crippen LogP contribution in [0.5, 0.6) is 5.88 Å². The maximum absolute atomic E-state index is 13.4. The summed E-state index contributed by atoms with van der Waals surface area (Å²) in [4.78, 5) is 18.4. The van der Waals surface area contributed by atoms with Gasteiger partial charge in [-0.3, -0.25) is 0 Å². The minimum atomic E-state index is -0.844. The van der Waals surface area contributed by atoms with Gasteiger partial charge in [-0.15, -0.1) is 0 Å². The minimum Gasteiger partial charge on any atom is -0.477 e. The minimum absolute atomic E-state index is 0.240. The smallest absolute Gasteiger partial charge is 0.315 e. The van der Waals surface area contributed by atoms with E-state index in [4.69, 9.17) is 4.74 Å². The van der Waals surface area contributed by atoms with Crippen LogP contribution in [0.4, 0.5) is 19.3 Å². The summed E-state index contributed by atoms with van der Waals surface area (Å²) in [6, 6.07) is 7.42. The van der Waals surface area contributed by atoms with Gasteiger partial charge >= 0.3 is 6.03 Å². The number of anilines is 1. The van der Waals surface area contributed by atoms with Crippen LogP contribution in [-0.2, 0) is 6.54 Å². The van der Waals surface area contributed by atoms with Crippen LogP contribution in [0, 0.1) is 23.5 Å². The lowest BCUT2D eigenvalue weighted by atomic mass is 10.1. The molecule has 2 fully saturated rings. The molecule has 1 aliphatic heterocycles. The number of amides is 2. The van der Waals surface area contributed by atoms with Gasteiger partial charge in [-0.1, -0.05) is 6.07 Å². The topological polar surface area (TPSA) is 66.5 Å². The van der Waals surface area contributed by atoms with Gasteiger partial charge in [0, 0.05) is 50.2 Å². The molecule has 30 heavy (non-hydrogen) atoms. The normalized spacial score (nSPS) is 18.3. The summed E-state index contributed by atoms with van der Waals surface area (Å²) in [5.41, 5.74) is 1.56. The molecule has 1 unspecified atom stereocenters. The van der Waals surface area contributed by atoms with Gasteiger partial charge in [0.2, 0.25) is 5.88 Å². The second kappa shape index (κ2) is 9.28. The van der Waals surface area contributed by atoms with Crippen LogP contribution in [0.1, 0.15) is 24.8 Å². The van der Waals surface area contributed by atoms with Gasteiger partial charge in [0.25, 0.3) is 0 Å². The van der Waals surface area contributed by atoms with Crippen molar-refractivity contribution in [2.45, 2.75) is 25.8 Å². The Morgan fingerprint density at radius 1 is 1.10 bits per heavy atom. The molecule has 1 aromatic heterocycles. The Morgan fingerprint density at radius 2 is 1.97 bits per heavy atom. The lowest BCUT2D eigenvalue weighted by Gasteiger charge is -2.19. The maximum atomic E-state index is 13.4. The molecule has 2 heterocycles. The van der Waals surface area contributed by atoms with Crippen LogP contribution in [0.25, 0.3) is 0 Å². The third-order valence-corrected chi connectivity index (χ3v) is 5.52. The zero-order valence-corrected chi connectivity index (χ0v) is 16.7. The Balaban J connectivity index is 1.15. The van der Waals surface area contributed by atoms with Gasteiger partial charge in [-0.05, 0) is 48.8 Å². The van der Waals surface area contributed by atoms with E-state index < -0.39 is 11.6 Å². The first-order chi connectivity index (χ1) is 14.6. The van der Waals surface area contributed by atoms with Crippen LogP contribution < -0.4 is 20.3 Å². The summed E-state index contributed by atoms with van der Waals surface area (Å²) >= 11 is 0. The van der Waals surface area contributed by atoms with Crippen molar-refractivity contribution < 1.29 is 18.3 Å². The first-order valence-electron chi connectivity index (χ1n) is 10.4. The van der Waals surface area contributed by atoms with E-state index in [0.717, 1.165) is 31.2 Å². The molecule has 1 saturated heterocycles. The lowest BCUT2D eigenvalue weighted by molar-refractivity contribution is 0.239. The SMILES string of the molecule is O=C(NCc1ccc(OCC2CC2)nc1)NCC1CCN(c2ccc(F)c(F)c2)C1. The van der Waals surface area contributed by atoms with Gasteiger partial charge in [0.05, 0.1) is 6.61 Å². The van der Waals surface area contributed by atoms with Crippen molar-refractivity contribution in [2.75, 3.05) is 31.1 Å². The van der Waals surface area contributed by atoms with Gasteiger partial charge in [-0.2, -0.15) is 0 Å². The van der Waals surface area contributed by atoms with Crippen LogP contribution in [0.15, 0.2) is 36.5 Å². The van der Waals surface area contributed by atoms with E-state index in [-0.39, 0.29) is 11.9 Å². The number of benzene rings is 1. The summed E-state index contributed by atoms with van der Waals surface area (Å²) in [6.07, 6.45) is 5.06. The van der Waals surface area contributed by atoms with Crippen molar-refractivity contribution >= 4 is 11.7 Å². The van der Waals surface area contributed by atoms with Crippen molar-refractivity contribution in [3.8, 4) is 5.88 Å². The molecule has 1 saturated carbocycles. The number of urea groups is 1. The second-order valence-corrected chi connectivity index (χ2v) is 8.02. The highest BCUT2D eigenvalue weighted by atomic mass is 19.2. The molecule has 2 amide bonds. The van der Waals surface area contributed by atoms with Crippen molar-refractivity contribution in [1.29, 1.82) is 0 Å². The monoisotopic (exact) mass is 416 g/mol. The van der Waals surface area contributed by atoms with Crippen molar-refractivity contribution in [3.05, 3.63) is 53.7 Å². The van der Waals surface area contributed by atoms with E-state index in [1.165, 1.54) is 18.9 Å². The van der Waals surface area contributed by atoms with Gasteiger partial charge in [0.1, 0.15) is 0 Å². The highest BCUT2D eigenvalue weighted by Gasteiger charge is 2.24. The van der Waals surface area contributed by atoms with Crippen molar-refractivity contribution in [2.24, 2.45) is 11.8 Å². The molecule has 2 aliphatic rings. The molecule has 0 bridgehead atoms. The number of carbonyl (C=O) groups excluding carboxylic acids is 1. The van der Waals surface area contributed by atoms with Crippen molar-refractivity contribution in [1.82, 2.24) is 15.6 Å². The van der Waals surface area contributed by atoms with Crippen LogP contribution >= 0.6 is 0 Å². The number of nitrogens with one attached hydrogen (secondary N) is 2. The molecule has 6 nitrogen and oxygen atoms in total. The number of pyridine rings is 1. The number of carbonyl (C=O) groups is 1. The van der Waals surface area contributed by atoms with E-state index in [2.05, 4.69) is 15.6 Å². The molecule has 160 valence electrons. The zero-order chi connectivity index (χ0) is 20.9. The Morgan fingerprint density at radius 3 is 2.70 bits per heavy atom. The van der Waals surface area contributed by atoms with E-state index in [0.29, 0.717) is 37.1 Å². The van der Waals surface area contributed by atoms with Crippen molar-refractivity contribution in [3.63, 3.8) is 0 Å². The number of rotatable bonds is 8. The van der Waals surface area contributed by atoms with Crippen LogP contribution in [-0.4, -0.2) is 37.3 Å². The van der Waals surface area contributed by atoms with Gasteiger partial charge in [-0.25, -0.2) is 18.6 Å². The average molecular weight is 416 g/mol. The summed E-state index contributed by atoms with van der Waals surface area (Å²) in [5, 5.41) is 5.71. The maximum Gasteiger partial charge on any atom is 0.315 e. The molecule has 0 spiro atoms. The molecule has 1 aliphatic carbocycles. The second-order valence-electron chi connectivity index (χ2n) is 8.02. The number of nitrogens with zero attached hydrogens (tertiary/aromatic N) is 2. The van der Waals surface area contributed by atoms with E-state index in [9.17, 15) is 13.6 Å². The summed E-state index contributed by atoms with van der Waals surface area (Å²) in [6.45, 7) is 3.07. The van der Waals surface area contributed by atoms with Gasteiger partial charge in [0.15, 0.2) is 11.6 Å². The molecule has 2 aromatic rings. The predicted molar refractivity (Wildman–Crippen MR) is 109 cm³/mol. The van der Waals surface area contributed by atoms with Gasteiger partial charge < -0.3 is 20.3 Å². The zero-order valence-electron chi connectivity index (χ0n) is 16.7. The molecule has 8 heteroatoms. The van der Waals surface area contributed by atoms with E-state index in [1.54, 1.807) is 12.3 Å². The van der Waals surface area contributed by atoms with Crippen LogP contribution in [0.3, 0.4) is 0 Å². The van der Waals surface area contributed by atoms with E-state index in [1.807, 2.05) is 17.0 Å². The lowest BCUT2D eigenvalue weighted by Crippen LogP contribution is -2.38. The highest BCUT2D eigenvalue weighted by molar-refractivity contribution is 5.73. The number of ether oxygens (including phenoxy) is 1. The molecule has 1 atom stereocenters. The van der Waals surface area contributed by atoms with Crippen LogP contribution in [0.2, 0.25) is 0 Å². The fourth-order valence-corrected chi connectivity index (χ4v) is 3.49. The average Bonchev–Trinajstić information content (AvgIpc) is 3.47. The molecule has 0 radical (unpaired) electrons. The Labute approximate surface area is 174 Å². The standard InChI is InChI=1S/C22H26F2N4O2/c23-19-5-4-18(9-20(19)24)28-8-7-17(13-28)12-27-22(29)26-11-16-3-6-21(25-10-16)30-14-15-1-2-15/h3-6,9-10,15,17H,1-2,7-8,11-14H2,(H2,26,27,29).